The molecule has 2 aromatic heterocycles. The largest absolute Gasteiger partial charge is 0.416 e. The molecule has 10 heteroatoms. The molecule has 0 aliphatic carbocycles. The molecule has 0 bridgehead atoms. The molecule has 7 nitrogen and oxygen atoms in total. The lowest BCUT2D eigenvalue weighted by molar-refractivity contribution is -0.137. The van der Waals surface area contributed by atoms with Gasteiger partial charge in [-0.3, -0.25) is 9.78 Å². The van der Waals surface area contributed by atoms with E-state index in [1.807, 2.05) is 6.07 Å². The molecule has 0 N–H and O–H groups in total. The van der Waals surface area contributed by atoms with Gasteiger partial charge in [0.15, 0.2) is 0 Å². The van der Waals surface area contributed by atoms with Crippen molar-refractivity contribution in [2.24, 2.45) is 5.16 Å². The molecular formula is C21H18F3N5O2. The number of benzene rings is 1. The van der Waals surface area contributed by atoms with Gasteiger partial charge in [-0.25, -0.2) is 4.68 Å². The zero-order chi connectivity index (χ0) is 22.0. The molecule has 0 unspecified atom stereocenters. The molecule has 4 rings (SSSR count). The van der Waals surface area contributed by atoms with Crippen LogP contribution in [0.25, 0.3) is 5.69 Å². The van der Waals surface area contributed by atoms with Crippen molar-refractivity contribution in [2.45, 2.75) is 12.6 Å². The van der Waals surface area contributed by atoms with Crippen molar-refractivity contribution in [1.29, 1.82) is 0 Å². The van der Waals surface area contributed by atoms with E-state index in [9.17, 15) is 18.0 Å². The third kappa shape index (κ3) is 4.27. The number of hydrogen-bond donors (Lipinski definition) is 0. The van der Waals surface area contributed by atoms with E-state index in [0.29, 0.717) is 35.5 Å². The molecule has 0 atom stereocenters. The molecule has 160 valence electrons. The van der Waals surface area contributed by atoms with Gasteiger partial charge in [-0.2, -0.15) is 18.3 Å². The van der Waals surface area contributed by atoms with Crippen molar-refractivity contribution < 1.29 is 22.8 Å². The van der Waals surface area contributed by atoms with E-state index in [-0.39, 0.29) is 12.5 Å². The summed E-state index contributed by atoms with van der Waals surface area (Å²) in [6.07, 6.45) is 1.07. The molecule has 1 aromatic carbocycles. The molecule has 3 aromatic rings. The zero-order valence-electron chi connectivity index (χ0n) is 16.5. The van der Waals surface area contributed by atoms with E-state index in [4.69, 9.17) is 4.84 Å². The summed E-state index contributed by atoms with van der Waals surface area (Å²) >= 11 is 0. The third-order valence-corrected chi connectivity index (χ3v) is 4.92. The van der Waals surface area contributed by atoms with Crippen LogP contribution in [0.15, 0.2) is 60.1 Å². The van der Waals surface area contributed by atoms with E-state index < -0.39 is 11.7 Å². The van der Waals surface area contributed by atoms with Crippen molar-refractivity contribution in [3.8, 4) is 5.69 Å². The highest BCUT2D eigenvalue weighted by molar-refractivity contribution is 6.05. The minimum atomic E-state index is -4.43. The maximum absolute atomic E-state index is 13.0. The third-order valence-electron chi connectivity index (χ3n) is 4.92. The topological polar surface area (TPSA) is 72.6 Å². The number of aromatic nitrogens is 3. The Morgan fingerprint density at radius 3 is 2.65 bits per heavy atom. The molecule has 0 saturated carbocycles. The van der Waals surface area contributed by atoms with Crippen LogP contribution >= 0.6 is 0 Å². The lowest BCUT2D eigenvalue weighted by Gasteiger charge is -2.26. The standard InChI is InChI=1S/C21H18F3N5O2/c1-31-27-19(14-4-6-15(7-5-14)21(22,23)24)13-28-10-8-18-17(20(28)30)12-29(26-18)16-3-2-9-25-11-16/h2-7,9,11-12H,8,10,13H2,1H3. The summed E-state index contributed by atoms with van der Waals surface area (Å²) in [5, 5.41) is 8.42. The first-order valence-electron chi connectivity index (χ1n) is 9.42. The first-order valence-corrected chi connectivity index (χ1v) is 9.42. The van der Waals surface area contributed by atoms with Crippen molar-refractivity contribution in [3.63, 3.8) is 0 Å². The van der Waals surface area contributed by atoms with Crippen LogP contribution in [-0.4, -0.2) is 51.5 Å². The smallest absolute Gasteiger partial charge is 0.399 e. The van der Waals surface area contributed by atoms with Crippen LogP contribution in [0.4, 0.5) is 13.2 Å². The fourth-order valence-corrected chi connectivity index (χ4v) is 3.37. The zero-order valence-corrected chi connectivity index (χ0v) is 16.5. The normalized spacial score (nSPS) is 14.5. The van der Waals surface area contributed by atoms with Gasteiger partial charge in [0.25, 0.3) is 5.91 Å². The fourth-order valence-electron chi connectivity index (χ4n) is 3.37. The average molecular weight is 429 g/mol. The van der Waals surface area contributed by atoms with Crippen LogP contribution in [0.5, 0.6) is 0 Å². The average Bonchev–Trinajstić information content (AvgIpc) is 3.21. The Hall–Kier alpha value is -3.69. The summed E-state index contributed by atoms with van der Waals surface area (Å²) in [5.41, 5.74) is 1.94. The van der Waals surface area contributed by atoms with Gasteiger partial charge in [0, 0.05) is 30.9 Å². The number of fused-ring (bicyclic) bond motifs is 1. The highest BCUT2D eigenvalue weighted by Crippen LogP contribution is 2.29. The van der Waals surface area contributed by atoms with E-state index in [2.05, 4.69) is 15.2 Å². The van der Waals surface area contributed by atoms with Gasteiger partial charge in [0.1, 0.15) is 12.8 Å². The lowest BCUT2D eigenvalue weighted by Crippen LogP contribution is -2.40. The van der Waals surface area contributed by atoms with E-state index in [1.54, 1.807) is 34.2 Å². The molecule has 0 fully saturated rings. The van der Waals surface area contributed by atoms with Crippen molar-refractivity contribution in [2.75, 3.05) is 20.2 Å². The maximum Gasteiger partial charge on any atom is 0.416 e. The Kier molecular flexibility index (Phi) is 5.45. The Balaban J connectivity index is 1.55. The maximum atomic E-state index is 13.0. The fraction of sp³-hybridized carbons (Fsp3) is 0.238. The van der Waals surface area contributed by atoms with Crippen LogP contribution in [0.1, 0.15) is 27.2 Å². The van der Waals surface area contributed by atoms with Crippen LogP contribution in [-0.2, 0) is 17.4 Å². The Morgan fingerprint density at radius 1 is 1.23 bits per heavy atom. The van der Waals surface area contributed by atoms with Gasteiger partial charge in [-0.15, -0.1) is 0 Å². The van der Waals surface area contributed by atoms with E-state index in [1.165, 1.54) is 19.2 Å². The molecular weight excluding hydrogens is 411 g/mol. The second-order valence-corrected chi connectivity index (χ2v) is 6.92. The number of rotatable bonds is 5. The summed E-state index contributed by atoms with van der Waals surface area (Å²) < 4.78 is 40.1. The summed E-state index contributed by atoms with van der Waals surface area (Å²) in [6.45, 7) is 0.495. The number of pyridine rings is 1. The second-order valence-electron chi connectivity index (χ2n) is 6.92. The number of hydrogen-bond acceptors (Lipinski definition) is 5. The summed E-state index contributed by atoms with van der Waals surface area (Å²) in [4.78, 5) is 23.5. The number of nitrogens with zero attached hydrogens (tertiary/aromatic N) is 5. The van der Waals surface area contributed by atoms with Crippen molar-refractivity contribution in [3.05, 3.63) is 77.4 Å². The number of alkyl halides is 3. The van der Waals surface area contributed by atoms with Gasteiger partial charge >= 0.3 is 6.18 Å². The number of halogens is 3. The minimum Gasteiger partial charge on any atom is -0.399 e. The quantitative estimate of drug-likeness (QED) is 0.461. The number of carbonyl (C=O) groups is 1. The van der Waals surface area contributed by atoms with E-state index >= 15 is 0 Å². The van der Waals surface area contributed by atoms with Crippen LogP contribution in [0, 0.1) is 0 Å². The number of carbonyl (C=O) groups excluding carboxylic acids is 1. The molecule has 1 aliphatic heterocycles. The predicted molar refractivity (Wildman–Crippen MR) is 106 cm³/mol. The monoisotopic (exact) mass is 429 g/mol. The first-order chi connectivity index (χ1) is 14.9. The van der Waals surface area contributed by atoms with Gasteiger partial charge in [-0.1, -0.05) is 17.3 Å². The summed E-state index contributed by atoms with van der Waals surface area (Å²) in [5.74, 6) is -0.230. The lowest BCUT2D eigenvalue weighted by atomic mass is 10.0. The molecule has 0 saturated heterocycles. The van der Waals surface area contributed by atoms with Crippen LogP contribution in [0.3, 0.4) is 0 Å². The Labute approximate surface area is 175 Å². The van der Waals surface area contributed by atoms with Crippen LogP contribution in [0.2, 0.25) is 0 Å². The molecule has 0 spiro atoms. The predicted octanol–water partition coefficient (Wildman–Crippen LogP) is 3.34. The summed E-state index contributed by atoms with van der Waals surface area (Å²) in [6, 6.07) is 8.22. The van der Waals surface area contributed by atoms with Crippen molar-refractivity contribution in [1.82, 2.24) is 19.7 Å². The Morgan fingerprint density at radius 2 is 2.00 bits per heavy atom. The molecule has 1 amide bonds. The second kappa shape index (κ2) is 8.21. The molecule has 3 heterocycles. The first kappa shape index (κ1) is 20.6. The highest BCUT2D eigenvalue weighted by atomic mass is 19.4. The van der Waals surface area contributed by atoms with E-state index in [0.717, 1.165) is 17.8 Å². The minimum absolute atomic E-state index is 0.0928. The Bertz CT molecular complexity index is 1110. The number of oxime groups is 1. The van der Waals surface area contributed by atoms with Gasteiger partial charge < -0.3 is 9.74 Å². The molecule has 0 radical (unpaired) electrons. The van der Waals surface area contributed by atoms with Crippen molar-refractivity contribution >= 4 is 11.6 Å². The van der Waals surface area contributed by atoms with Gasteiger partial charge in [0.05, 0.1) is 35.2 Å². The summed E-state index contributed by atoms with van der Waals surface area (Å²) in [7, 11) is 1.35. The van der Waals surface area contributed by atoms with Gasteiger partial charge in [0.2, 0.25) is 0 Å². The van der Waals surface area contributed by atoms with Gasteiger partial charge in [-0.05, 0) is 24.3 Å². The molecule has 1 aliphatic rings. The highest BCUT2D eigenvalue weighted by Gasteiger charge is 2.31. The SMILES string of the molecule is CON=C(CN1CCc2nn(-c3cccnc3)cc2C1=O)c1ccc(C(F)(F)F)cc1. The van der Waals surface area contributed by atoms with Crippen LogP contribution < -0.4 is 0 Å². The number of amides is 1. The molecule has 31 heavy (non-hydrogen) atoms.